The molecule has 0 aliphatic carbocycles. The molecule has 1 amide bonds. The number of benzene rings is 2. The quantitative estimate of drug-likeness (QED) is 0.412. The van der Waals surface area contributed by atoms with E-state index < -0.39 is 0 Å². The summed E-state index contributed by atoms with van der Waals surface area (Å²) < 4.78 is 4.91. The molecule has 3 rings (SSSR count). The fourth-order valence-electron chi connectivity index (χ4n) is 2.38. The minimum atomic E-state index is -0.142. The molecule has 6 nitrogen and oxygen atoms in total. The third kappa shape index (κ3) is 4.99. The van der Waals surface area contributed by atoms with Crippen molar-refractivity contribution in [3.05, 3.63) is 72.6 Å². The van der Waals surface area contributed by atoms with E-state index in [0.717, 1.165) is 16.9 Å². The van der Waals surface area contributed by atoms with Crippen molar-refractivity contribution in [3.8, 4) is 11.3 Å². The molecule has 0 aliphatic heterocycles. The number of amides is 1. The lowest BCUT2D eigenvalue weighted by molar-refractivity contribution is 0.0949. The monoisotopic (exact) mass is 460 g/mol. The zero-order chi connectivity index (χ0) is 18.2. The van der Waals surface area contributed by atoms with Crippen molar-refractivity contribution in [1.29, 1.82) is 0 Å². The van der Waals surface area contributed by atoms with Crippen LogP contribution in [0.3, 0.4) is 0 Å². The number of hydrogen-bond acceptors (Lipinski definition) is 5. The Morgan fingerprint density at radius 3 is 2.69 bits per heavy atom. The van der Waals surface area contributed by atoms with Gasteiger partial charge in [0.05, 0.1) is 12.3 Å². The molecule has 0 unspecified atom stereocenters. The first-order chi connectivity index (χ1) is 12.8. The molecule has 0 spiro atoms. The van der Waals surface area contributed by atoms with E-state index in [1.54, 1.807) is 29.1 Å². The lowest BCUT2D eigenvalue weighted by Gasteiger charge is -2.08. The number of carbonyl (C=O) groups excluding carboxylic acids is 1. The molecular weight excluding hydrogens is 443 g/mol. The van der Waals surface area contributed by atoms with E-state index in [0.29, 0.717) is 24.5 Å². The number of aromatic nitrogens is 2. The zero-order valence-electron chi connectivity index (χ0n) is 13.9. The maximum atomic E-state index is 12.2. The molecule has 7 heteroatoms. The largest absolute Gasteiger partial charge is 0.350 e. The van der Waals surface area contributed by atoms with Gasteiger partial charge in [-0.25, -0.2) is 9.97 Å². The van der Waals surface area contributed by atoms with Gasteiger partial charge in [0, 0.05) is 29.4 Å². The molecule has 0 saturated carbocycles. The average Bonchev–Trinajstić information content (AvgIpc) is 2.69. The van der Waals surface area contributed by atoms with Gasteiger partial charge in [-0.2, -0.15) is 0 Å². The molecule has 3 aromatic rings. The molecule has 0 saturated heterocycles. The van der Waals surface area contributed by atoms with Gasteiger partial charge in [-0.1, -0.05) is 30.3 Å². The van der Waals surface area contributed by atoms with E-state index in [1.165, 1.54) is 6.33 Å². The Morgan fingerprint density at radius 2 is 1.88 bits per heavy atom. The van der Waals surface area contributed by atoms with E-state index in [2.05, 4.69) is 20.6 Å². The molecule has 0 bridgehead atoms. The Hall–Kier alpha value is -2.52. The highest BCUT2D eigenvalue weighted by molar-refractivity contribution is 14.1. The summed E-state index contributed by atoms with van der Waals surface area (Å²) in [6, 6.07) is 19.0. The van der Waals surface area contributed by atoms with Gasteiger partial charge < -0.3 is 13.7 Å². The standard InChI is InChI=1S/C19H17IN4O2/c20-26-10-9-21-19(25)15-6-4-5-14(11-15)17-12-18(23-13-22-17)24-16-7-2-1-3-8-16/h1-8,11-13H,9-10H2,(H,21,25)(H,22,23,24). The summed E-state index contributed by atoms with van der Waals surface area (Å²) in [5.74, 6) is 0.548. The minimum absolute atomic E-state index is 0.142. The van der Waals surface area contributed by atoms with E-state index >= 15 is 0 Å². The Balaban J connectivity index is 1.77. The molecule has 132 valence electrons. The SMILES string of the molecule is O=C(NCCOI)c1cccc(-c2cc(Nc3ccccc3)ncn2)c1. The molecule has 1 aromatic heterocycles. The first-order valence-electron chi connectivity index (χ1n) is 8.02. The number of anilines is 2. The molecule has 0 atom stereocenters. The van der Waals surface area contributed by atoms with Crippen molar-refractivity contribution in [2.75, 3.05) is 18.5 Å². The molecule has 0 fully saturated rings. The molecule has 2 N–H and O–H groups in total. The summed E-state index contributed by atoms with van der Waals surface area (Å²) in [4.78, 5) is 20.8. The highest BCUT2D eigenvalue weighted by Gasteiger charge is 2.08. The van der Waals surface area contributed by atoms with Crippen LogP contribution >= 0.6 is 23.0 Å². The Labute approximate surface area is 165 Å². The molecule has 0 radical (unpaired) electrons. The fraction of sp³-hybridized carbons (Fsp3) is 0.105. The van der Waals surface area contributed by atoms with Gasteiger partial charge in [0.2, 0.25) is 0 Å². The van der Waals surface area contributed by atoms with E-state index in [-0.39, 0.29) is 5.91 Å². The Morgan fingerprint density at radius 1 is 1.04 bits per heavy atom. The second kappa shape index (κ2) is 9.25. The second-order valence-electron chi connectivity index (χ2n) is 5.43. The summed E-state index contributed by atoms with van der Waals surface area (Å²) in [5, 5.41) is 6.05. The van der Waals surface area contributed by atoms with Crippen molar-refractivity contribution < 1.29 is 7.86 Å². The third-order valence-corrected chi connectivity index (χ3v) is 4.04. The summed E-state index contributed by atoms with van der Waals surface area (Å²) in [5.41, 5.74) is 3.11. The van der Waals surface area contributed by atoms with Gasteiger partial charge in [0.25, 0.3) is 5.91 Å². The van der Waals surface area contributed by atoms with Gasteiger partial charge in [0.15, 0.2) is 0 Å². The highest BCUT2D eigenvalue weighted by Crippen LogP contribution is 2.22. The number of halogens is 1. The van der Waals surface area contributed by atoms with Crippen LogP contribution < -0.4 is 10.6 Å². The lowest BCUT2D eigenvalue weighted by Crippen LogP contribution is -2.26. The number of nitrogens with zero attached hydrogens (tertiary/aromatic N) is 2. The van der Waals surface area contributed by atoms with Crippen LogP contribution in [0, 0.1) is 0 Å². The van der Waals surface area contributed by atoms with Crippen LogP contribution in [0.5, 0.6) is 0 Å². The van der Waals surface area contributed by atoms with Crippen molar-refractivity contribution in [2.24, 2.45) is 0 Å². The number of carbonyl (C=O) groups is 1. The number of rotatable bonds is 7. The van der Waals surface area contributed by atoms with Crippen molar-refractivity contribution in [1.82, 2.24) is 15.3 Å². The number of nitrogens with one attached hydrogen (secondary N) is 2. The van der Waals surface area contributed by atoms with Gasteiger partial charge >= 0.3 is 0 Å². The number of hydrogen-bond donors (Lipinski definition) is 2. The van der Waals surface area contributed by atoms with E-state index in [9.17, 15) is 4.79 Å². The highest BCUT2D eigenvalue weighted by atomic mass is 127. The van der Waals surface area contributed by atoms with E-state index in [4.69, 9.17) is 3.07 Å². The summed E-state index contributed by atoms with van der Waals surface area (Å²) >= 11 is 1.80. The minimum Gasteiger partial charge on any atom is -0.350 e. The first kappa shape index (κ1) is 18.3. The van der Waals surface area contributed by atoms with Crippen LogP contribution in [-0.2, 0) is 3.07 Å². The van der Waals surface area contributed by atoms with E-state index in [1.807, 2.05) is 54.6 Å². The topological polar surface area (TPSA) is 76.1 Å². The van der Waals surface area contributed by atoms with Crippen molar-refractivity contribution in [3.63, 3.8) is 0 Å². The summed E-state index contributed by atoms with van der Waals surface area (Å²) in [6.07, 6.45) is 1.51. The molecular formula is C19H17IN4O2. The third-order valence-electron chi connectivity index (χ3n) is 3.60. The Bertz CT molecular complexity index is 874. The van der Waals surface area contributed by atoms with Gasteiger partial charge in [-0.3, -0.25) is 4.79 Å². The van der Waals surface area contributed by atoms with Crippen LogP contribution in [0.1, 0.15) is 10.4 Å². The molecule has 0 aliphatic rings. The smallest absolute Gasteiger partial charge is 0.251 e. The fourth-order valence-corrected chi connectivity index (χ4v) is 2.60. The van der Waals surface area contributed by atoms with Crippen LogP contribution in [0.25, 0.3) is 11.3 Å². The zero-order valence-corrected chi connectivity index (χ0v) is 16.0. The van der Waals surface area contributed by atoms with Crippen LogP contribution in [0.4, 0.5) is 11.5 Å². The van der Waals surface area contributed by atoms with Gasteiger partial charge in [0.1, 0.15) is 35.2 Å². The predicted molar refractivity (Wildman–Crippen MR) is 109 cm³/mol. The normalized spacial score (nSPS) is 10.3. The molecule has 1 heterocycles. The maximum Gasteiger partial charge on any atom is 0.251 e. The van der Waals surface area contributed by atoms with Gasteiger partial charge in [-0.15, -0.1) is 0 Å². The van der Waals surface area contributed by atoms with Crippen molar-refractivity contribution in [2.45, 2.75) is 0 Å². The maximum absolute atomic E-state index is 12.2. The van der Waals surface area contributed by atoms with Crippen molar-refractivity contribution >= 4 is 40.4 Å². The van der Waals surface area contributed by atoms with Gasteiger partial charge in [-0.05, 0) is 24.3 Å². The molecule has 26 heavy (non-hydrogen) atoms. The van der Waals surface area contributed by atoms with Crippen LogP contribution in [0.2, 0.25) is 0 Å². The average molecular weight is 460 g/mol. The van der Waals surface area contributed by atoms with Crippen LogP contribution in [-0.4, -0.2) is 29.0 Å². The first-order valence-corrected chi connectivity index (χ1v) is 8.90. The Kier molecular flexibility index (Phi) is 6.50. The summed E-state index contributed by atoms with van der Waals surface area (Å²) in [6.45, 7) is 0.928. The second-order valence-corrected chi connectivity index (χ2v) is 6.05. The predicted octanol–water partition coefficient (Wildman–Crippen LogP) is 3.98. The molecule has 2 aromatic carbocycles. The number of para-hydroxylation sites is 1. The lowest BCUT2D eigenvalue weighted by atomic mass is 10.1. The summed E-state index contributed by atoms with van der Waals surface area (Å²) in [7, 11) is 0. The van der Waals surface area contributed by atoms with Crippen LogP contribution in [0.15, 0.2) is 67.0 Å².